The van der Waals surface area contributed by atoms with Crippen LogP contribution in [0, 0.1) is 0 Å². The van der Waals surface area contributed by atoms with Crippen LogP contribution in [0.15, 0.2) is 24.3 Å². The average Bonchev–Trinajstić information content (AvgIpc) is 3.10. The van der Waals surface area contributed by atoms with Gasteiger partial charge >= 0.3 is 0 Å². The van der Waals surface area contributed by atoms with Gasteiger partial charge in [-0.15, -0.1) is 0 Å². The zero-order valence-electron chi connectivity index (χ0n) is 32.2. The van der Waals surface area contributed by atoms with E-state index in [2.05, 4.69) is 42.5 Å². The third kappa shape index (κ3) is 17.3. The largest absolute Gasteiger partial charge is 0.508 e. The van der Waals surface area contributed by atoms with Gasteiger partial charge in [0.05, 0.1) is 0 Å². The summed E-state index contributed by atoms with van der Waals surface area (Å²) in [6.07, 6.45) is 1.12. The molecule has 306 valence electrons. The summed E-state index contributed by atoms with van der Waals surface area (Å²) in [7, 11) is 0. The van der Waals surface area contributed by atoms with Crippen LogP contribution >= 0.6 is 0 Å². The van der Waals surface area contributed by atoms with Crippen LogP contribution in [-0.2, 0) is 49.6 Å². The highest BCUT2D eigenvalue weighted by Gasteiger charge is 2.30. The summed E-state index contributed by atoms with van der Waals surface area (Å²) in [4.78, 5) is 113. The van der Waals surface area contributed by atoms with E-state index in [0.717, 1.165) is 0 Å². The van der Waals surface area contributed by atoms with E-state index in [1.54, 1.807) is 12.1 Å². The van der Waals surface area contributed by atoms with Crippen molar-refractivity contribution in [3.8, 4) is 5.75 Å². The number of rotatable bonds is 22. The van der Waals surface area contributed by atoms with Gasteiger partial charge in [-0.05, 0) is 85.0 Å². The SMILES string of the molecule is CC(=O)N[C@@H](C)C(=O)N[C@@H](C)C(=O)N[C@@H](C)C(=O)N[C@@H](C)C(=O)N[C@@H](CCCCN)C(=O)N[C@@H](C)C(=O)N[C@@H](C)C(=O)N[C@@H](Cc1ccc(O)cc1)C(N)=O. The number of carbonyl (C=O) groups is 9. The second-order valence-corrected chi connectivity index (χ2v) is 13.3. The van der Waals surface area contributed by atoms with Gasteiger partial charge in [0.1, 0.15) is 54.1 Å². The van der Waals surface area contributed by atoms with Crippen molar-refractivity contribution in [3.05, 3.63) is 29.8 Å². The van der Waals surface area contributed by atoms with Crippen LogP contribution < -0.4 is 54.0 Å². The number of nitrogens with two attached hydrogens (primary N) is 2. The molecule has 0 spiro atoms. The Morgan fingerprint density at radius 1 is 0.527 bits per heavy atom. The Kier molecular flexibility index (Phi) is 19.8. The fraction of sp³-hybridized carbons (Fsp3) is 0.571. The quantitative estimate of drug-likeness (QED) is 0.0515. The molecule has 55 heavy (non-hydrogen) atoms. The van der Waals surface area contributed by atoms with Crippen LogP contribution in [0.5, 0.6) is 5.75 Å². The monoisotopic (exact) mass is 776 g/mol. The Morgan fingerprint density at radius 2 is 0.873 bits per heavy atom. The maximum Gasteiger partial charge on any atom is 0.243 e. The lowest BCUT2D eigenvalue weighted by molar-refractivity contribution is -0.135. The molecule has 1 aromatic carbocycles. The molecule has 0 aliphatic rings. The zero-order chi connectivity index (χ0) is 42.0. The minimum absolute atomic E-state index is 0.0200. The van der Waals surface area contributed by atoms with Gasteiger partial charge in [0, 0.05) is 13.3 Å². The van der Waals surface area contributed by atoms with E-state index in [1.807, 2.05) is 0 Å². The Bertz CT molecular complexity index is 1540. The van der Waals surface area contributed by atoms with Crippen molar-refractivity contribution in [1.82, 2.24) is 42.5 Å². The normalized spacial score (nSPS) is 15.1. The summed E-state index contributed by atoms with van der Waals surface area (Å²) in [5, 5.41) is 29.2. The van der Waals surface area contributed by atoms with E-state index in [0.29, 0.717) is 24.9 Å². The highest BCUT2D eigenvalue weighted by Crippen LogP contribution is 2.11. The molecule has 0 saturated heterocycles. The third-order valence-corrected chi connectivity index (χ3v) is 8.19. The molecule has 13 N–H and O–H groups in total. The summed E-state index contributed by atoms with van der Waals surface area (Å²) in [5.74, 6) is -6.22. The number of nitrogens with one attached hydrogen (secondary N) is 8. The van der Waals surface area contributed by atoms with Gasteiger partial charge in [0.15, 0.2) is 0 Å². The molecule has 0 aromatic heterocycles. The molecule has 0 aliphatic carbocycles. The standard InChI is InChI=1S/C35H56N10O10/c1-17(38-23(7)46)29(49)39-18(2)30(50)40-19(3)31(51)41-21(5)33(53)44-26(10-8-9-15-36)35(55)43-20(4)32(52)42-22(6)34(54)45-27(28(37)48)16-24-11-13-25(47)14-12-24/h11-14,17-22,26-27,47H,8-10,15-16,36H2,1-7H3,(H2,37,48)(H,38,46)(H,39,49)(H,40,50)(H,41,51)(H,42,52)(H,43,55)(H,44,53)(H,45,54)/t17-,18-,19-,20-,21-,22-,26-,27-/m0/s1. The van der Waals surface area contributed by atoms with Gasteiger partial charge in [-0.2, -0.15) is 0 Å². The third-order valence-electron chi connectivity index (χ3n) is 8.19. The van der Waals surface area contributed by atoms with E-state index in [-0.39, 0.29) is 18.6 Å². The number of primary amides is 1. The van der Waals surface area contributed by atoms with Crippen LogP contribution in [0.25, 0.3) is 0 Å². The molecule has 0 fully saturated rings. The maximum absolute atomic E-state index is 13.3. The number of carbonyl (C=O) groups excluding carboxylic acids is 9. The number of amides is 9. The Morgan fingerprint density at radius 3 is 1.24 bits per heavy atom. The Hall–Kier alpha value is -5.79. The first kappa shape index (κ1) is 47.2. The summed E-state index contributed by atoms with van der Waals surface area (Å²) in [5.41, 5.74) is 11.7. The van der Waals surface area contributed by atoms with Gasteiger partial charge in [-0.1, -0.05) is 12.1 Å². The molecule has 8 atom stereocenters. The first-order valence-electron chi connectivity index (χ1n) is 17.8. The second kappa shape index (κ2) is 23.1. The summed E-state index contributed by atoms with van der Waals surface area (Å²) in [6.45, 7) is 9.83. The smallest absolute Gasteiger partial charge is 0.243 e. The molecule has 20 nitrogen and oxygen atoms in total. The number of benzene rings is 1. The van der Waals surface area contributed by atoms with Crippen LogP contribution in [0.4, 0.5) is 0 Å². The topological polar surface area (TPSA) is 322 Å². The van der Waals surface area contributed by atoms with Gasteiger partial charge in [0.2, 0.25) is 53.2 Å². The van der Waals surface area contributed by atoms with Crippen molar-refractivity contribution < 1.29 is 48.3 Å². The number of phenolic OH excluding ortho intramolecular Hbond substituents is 1. The van der Waals surface area contributed by atoms with E-state index in [4.69, 9.17) is 11.5 Å². The summed E-state index contributed by atoms with van der Waals surface area (Å²) >= 11 is 0. The van der Waals surface area contributed by atoms with Crippen molar-refractivity contribution in [2.24, 2.45) is 11.5 Å². The number of phenols is 1. The lowest BCUT2D eigenvalue weighted by Gasteiger charge is -2.25. The summed E-state index contributed by atoms with van der Waals surface area (Å²) < 4.78 is 0. The molecule has 0 bridgehead atoms. The minimum atomic E-state index is -1.18. The van der Waals surface area contributed by atoms with Gasteiger partial charge in [-0.25, -0.2) is 0 Å². The first-order valence-corrected chi connectivity index (χ1v) is 17.8. The molecule has 1 aromatic rings. The molecule has 0 radical (unpaired) electrons. The second-order valence-electron chi connectivity index (χ2n) is 13.3. The van der Waals surface area contributed by atoms with Crippen molar-refractivity contribution in [2.45, 2.75) is 122 Å². The number of unbranched alkanes of at least 4 members (excludes halogenated alkanes) is 1. The lowest BCUT2D eigenvalue weighted by atomic mass is 10.0. The number of aromatic hydroxyl groups is 1. The van der Waals surface area contributed by atoms with Gasteiger partial charge in [-0.3, -0.25) is 43.2 Å². The van der Waals surface area contributed by atoms with Crippen LogP contribution in [0.1, 0.15) is 73.3 Å². The summed E-state index contributed by atoms with van der Waals surface area (Å²) in [6, 6.07) is -2.90. The molecule has 0 heterocycles. The van der Waals surface area contributed by atoms with Crippen molar-refractivity contribution >= 4 is 53.2 Å². The van der Waals surface area contributed by atoms with E-state index in [9.17, 15) is 48.3 Å². The predicted molar refractivity (Wildman–Crippen MR) is 199 cm³/mol. The highest BCUT2D eigenvalue weighted by molar-refractivity contribution is 5.97. The van der Waals surface area contributed by atoms with Crippen molar-refractivity contribution in [1.29, 1.82) is 0 Å². The molecular weight excluding hydrogens is 720 g/mol. The van der Waals surface area contributed by atoms with E-state index in [1.165, 1.54) is 60.6 Å². The van der Waals surface area contributed by atoms with Crippen molar-refractivity contribution in [3.63, 3.8) is 0 Å². The zero-order valence-corrected chi connectivity index (χ0v) is 32.2. The fourth-order valence-electron chi connectivity index (χ4n) is 4.81. The Balaban J connectivity index is 2.78. The maximum atomic E-state index is 13.3. The number of hydrogen-bond donors (Lipinski definition) is 11. The molecule has 1 rings (SSSR count). The van der Waals surface area contributed by atoms with Crippen LogP contribution in [0.3, 0.4) is 0 Å². The predicted octanol–water partition coefficient (Wildman–Crippen LogP) is -3.43. The first-order chi connectivity index (χ1) is 25.7. The molecule has 0 saturated carbocycles. The van der Waals surface area contributed by atoms with E-state index < -0.39 is 101 Å². The molecule has 0 unspecified atom stereocenters. The van der Waals surface area contributed by atoms with Crippen molar-refractivity contribution in [2.75, 3.05) is 6.54 Å². The number of hydrogen-bond acceptors (Lipinski definition) is 11. The average molecular weight is 777 g/mol. The fourth-order valence-corrected chi connectivity index (χ4v) is 4.81. The van der Waals surface area contributed by atoms with Gasteiger partial charge < -0.3 is 59.1 Å². The van der Waals surface area contributed by atoms with E-state index >= 15 is 0 Å². The van der Waals surface area contributed by atoms with Crippen LogP contribution in [-0.4, -0.2) is 113 Å². The lowest BCUT2D eigenvalue weighted by Crippen LogP contribution is -2.58. The molecule has 0 aliphatic heterocycles. The molecule has 9 amide bonds. The Labute approximate surface area is 319 Å². The molecular formula is C35H56N10O10. The van der Waals surface area contributed by atoms with Crippen LogP contribution in [0.2, 0.25) is 0 Å². The minimum Gasteiger partial charge on any atom is -0.508 e. The molecule has 20 heteroatoms. The van der Waals surface area contributed by atoms with Gasteiger partial charge in [0.25, 0.3) is 0 Å². The highest BCUT2D eigenvalue weighted by atomic mass is 16.3.